The summed E-state index contributed by atoms with van der Waals surface area (Å²) in [6.45, 7) is 0. The molecule has 0 aliphatic carbocycles. The Bertz CT molecular complexity index is 434. The van der Waals surface area contributed by atoms with Crippen molar-refractivity contribution in [3.05, 3.63) is 22.5 Å². The minimum atomic E-state index is -4.67. The van der Waals surface area contributed by atoms with Gasteiger partial charge in [-0.25, -0.2) is 4.98 Å². The highest BCUT2D eigenvalue weighted by molar-refractivity contribution is 6.33. The van der Waals surface area contributed by atoms with Crippen molar-refractivity contribution < 1.29 is 22.7 Å². The average molecular weight is 255 g/mol. The van der Waals surface area contributed by atoms with E-state index in [1.807, 2.05) is 0 Å². The molecule has 0 fully saturated rings. The van der Waals surface area contributed by atoms with Gasteiger partial charge < -0.3 is 10.5 Å². The van der Waals surface area contributed by atoms with E-state index in [2.05, 4.69) is 9.72 Å². The van der Waals surface area contributed by atoms with E-state index in [0.29, 0.717) is 6.07 Å². The molecule has 0 saturated carbocycles. The molecular weight excluding hydrogens is 249 g/mol. The van der Waals surface area contributed by atoms with E-state index >= 15 is 0 Å². The summed E-state index contributed by atoms with van der Waals surface area (Å²) in [5.74, 6) is -1.37. The third-order valence-electron chi connectivity index (χ3n) is 1.70. The van der Waals surface area contributed by atoms with Crippen molar-refractivity contribution in [2.24, 2.45) is 5.73 Å². The highest BCUT2D eigenvalue weighted by Gasteiger charge is 2.35. The summed E-state index contributed by atoms with van der Waals surface area (Å²) in [6.07, 6.45) is -4.67. The number of ether oxygens (including phenoxy) is 1. The molecular formula is C8H6ClF3N2O2. The normalized spacial score (nSPS) is 11.3. The van der Waals surface area contributed by atoms with E-state index in [1.54, 1.807) is 0 Å². The summed E-state index contributed by atoms with van der Waals surface area (Å²) in [5, 5.41) is -0.640. The van der Waals surface area contributed by atoms with Gasteiger partial charge in [-0.1, -0.05) is 11.6 Å². The molecule has 1 rings (SSSR count). The van der Waals surface area contributed by atoms with Gasteiger partial charge in [-0.2, -0.15) is 13.2 Å². The molecule has 0 bridgehead atoms. The van der Waals surface area contributed by atoms with Crippen molar-refractivity contribution in [3.63, 3.8) is 0 Å². The van der Waals surface area contributed by atoms with Crippen LogP contribution in [0.4, 0.5) is 13.2 Å². The summed E-state index contributed by atoms with van der Waals surface area (Å²) < 4.78 is 41.6. The number of pyridine rings is 1. The van der Waals surface area contributed by atoms with Gasteiger partial charge in [-0.3, -0.25) is 4.79 Å². The van der Waals surface area contributed by atoms with Gasteiger partial charge in [0, 0.05) is 6.07 Å². The van der Waals surface area contributed by atoms with Crippen LogP contribution in [0.25, 0.3) is 0 Å². The number of rotatable bonds is 2. The highest BCUT2D eigenvalue weighted by atomic mass is 35.5. The summed E-state index contributed by atoms with van der Waals surface area (Å²) in [4.78, 5) is 13.9. The molecule has 88 valence electrons. The lowest BCUT2D eigenvalue weighted by Crippen LogP contribution is -2.16. The van der Waals surface area contributed by atoms with Gasteiger partial charge in [-0.15, -0.1) is 0 Å². The van der Waals surface area contributed by atoms with Crippen LogP contribution >= 0.6 is 11.6 Å². The van der Waals surface area contributed by atoms with Gasteiger partial charge in [0.05, 0.1) is 7.11 Å². The molecule has 1 heterocycles. The maximum absolute atomic E-state index is 12.3. The van der Waals surface area contributed by atoms with Gasteiger partial charge in [0.1, 0.15) is 22.2 Å². The van der Waals surface area contributed by atoms with Crippen LogP contribution in [0.15, 0.2) is 6.07 Å². The number of nitrogens with zero attached hydrogens (tertiary/aromatic N) is 1. The van der Waals surface area contributed by atoms with Gasteiger partial charge in [-0.05, 0) is 0 Å². The standard InChI is InChI=1S/C8H6ClF3N2O2/c1-16-3-2-4(8(10,11)12)14-6(9)5(3)7(13)15/h2H,1H3,(H2,13,15). The van der Waals surface area contributed by atoms with Gasteiger partial charge in [0.2, 0.25) is 0 Å². The largest absolute Gasteiger partial charge is 0.496 e. The number of nitrogens with two attached hydrogens (primary N) is 1. The minimum Gasteiger partial charge on any atom is -0.496 e. The molecule has 0 aromatic carbocycles. The van der Waals surface area contributed by atoms with E-state index < -0.39 is 22.9 Å². The van der Waals surface area contributed by atoms with Crippen LogP contribution < -0.4 is 10.5 Å². The Labute approximate surface area is 93.2 Å². The third kappa shape index (κ3) is 2.35. The Balaban J connectivity index is 3.44. The number of hydrogen-bond acceptors (Lipinski definition) is 3. The number of methoxy groups -OCH3 is 1. The number of aromatic nitrogens is 1. The number of carbonyl (C=O) groups is 1. The van der Waals surface area contributed by atoms with Crippen LogP contribution in [0.5, 0.6) is 5.75 Å². The molecule has 1 aromatic heterocycles. The SMILES string of the molecule is COc1cc(C(F)(F)F)nc(Cl)c1C(N)=O. The minimum absolute atomic E-state index is 0.361. The number of carbonyl (C=O) groups excluding carboxylic acids is 1. The Morgan fingerprint density at radius 3 is 2.50 bits per heavy atom. The number of alkyl halides is 3. The Morgan fingerprint density at radius 1 is 1.56 bits per heavy atom. The predicted octanol–water partition coefficient (Wildman–Crippen LogP) is 1.86. The Morgan fingerprint density at radius 2 is 2.12 bits per heavy atom. The molecule has 0 saturated heterocycles. The summed E-state index contributed by atoms with van der Waals surface area (Å²) in [5.41, 5.74) is 3.30. The molecule has 1 amide bonds. The van der Waals surface area contributed by atoms with E-state index in [9.17, 15) is 18.0 Å². The number of primary amides is 1. The monoisotopic (exact) mass is 254 g/mol. The lowest BCUT2D eigenvalue weighted by molar-refractivity contribution is -0.141. The molecule has 4 nitrogen and oxygen atoms in total. The zero-order valence-corrected chi connectivity index (χ0v) is 8.69. The third-order valence-corrected chi connectivity index (χ3v) is 1.97. The quantitative estimate of drug-likeness (QED) is 0.819. The van der Waals surface area contributed by atoms with E-state index in [-0.39, 0.29) is 11.3 Å². The van der Waals surface area contributed by atoms with Gasteiger partial charge >= 0.3 is 6.18 Å². The smallest absolute Gasteiger partial charge is 0.433 e. The van der Waals surface area contributed by atoms with Crippen molar-refractivity contribution in [2.45, 2.75) is 6.18 Å². The van der Waals surface area contributed by atoms with Crippen molar-refractivity contribution >= 4 is 17.5 Å². The Hall–Kier alpha value is -1.50. The molecule has 2 N–H and O–H groups in total. The van der Waals surface area contributed by atoms with Gasteiger partial charge in [0.25, 0.3) is 5.91 Å². The zero-order valence-electron chi connectivity index (χ0n) is 7.93. The highest BCUT2D eigenvalue weighted by Crippen LogP contribution is 2.34. The van der Waals surface area contributed by atoms with E-state index in [1.165, 1.54) is 0 Å². The number of hydrogen-bond donors (Lipinski definition) is 1. The Kier molecular flexibility index (Phi) is 3.27. The number of halogens is 4. The topological polar surface area (TPSA) is 65.2 Å². The molecule has 0 aliphatic heterocycles. The molecule has 0 aliphatic rings. The van der Waals surface area contributed by atoms with Crippen molar-refractivity contribution in [1.82, 2.24) is 4.98 Å². The molecule has 0 radical (unpaired) electrons. The van der Waals surface area contributed by atoms with Crippen LogP contribution in [0.1, 0.15) is 16.1 Å². The summed E-state index contributed by atoms with van der Waals surface area (Å²) in [6, 6.07) is 0.561. The first-order valence-electron chi connectivity index (χ1n) is 3.89. The second-order valence-corrected chi connectivity index (χ2v) is 3.10. The van der Waals surface area contributed by atoms with Gasteiger partial charge in [0.15, 0.2) is 0 Å². The molecule has 0 atom stereocenters. The molecule has 8 heteroatoms. The molecule has 0 spiro atoms. The molecule has 1 aromatic rings. The fraction of sp³-hybridized carbons (Fsp3) is 0.250. The van der Waals surface area contributed by atoms with E-state index in [0.717, 1.165) is 7.11 Å². The van der Waals surface area contributed by atoms with Crippen molar-refractivity contribution in [1.29, 1.82) is 0 Å². The van der Waals surface area contributed by atoms with Crippen LogP contribution in [-0.4, -0.2) is 18.0 Å². The summed E-state index contributed by atoms with van der Waals surface area (Å²) >= 11 is 5.42. The average Bonchev–Trinajstić information content (AvgIpc) is 2.14. The first-order chi connectivity index (χ1) is 7.27. The maximum Gasteiger partial charge on any atom is 0.433 e. The predicted molar refractivity (Wildman–Crippen MR) is 49.3 cm³/mol. The molecule has 16 heavy (non-hydrogen) atoms. The first-order valence-corrected chi connectivity index (χ1v) is 4.26. The number of amides is 1. The fourth-order valence-electron chi connectivity index (χ4n) is 1.02. The van der Waals surface area contributed by atoms with Crippen LogP contribution in [0.2, 0.25) is 5.15 Å². The van der Waals surface area contributed by atoms with Crippen LogP contribution in [0, 0.1) is 0 Å². The lowest BCUT2D eigenvalue weighted by atomic mass is 10.2. The van der Waals surface area contributed by atoms with Crippen LogP contribution in [-0.2, 0) is 6.18 Å². The van der Waals surface area contributed by atoms with E-state index in [4.69, 9.17) is 17.3 Å². The molecule has 0 unspecified atom stereocenters. The maximum atomic E-state index is 12.3. The lowest BCUT2D eigenvalue weighted by Gasteiger charge is -2.11. The zero-order chi connectivity index (χ0) is 12.5. The second kappa shape index (κ2) is 4.17. The van der Waals surface area contributed by atoms with Crippen molar-refractivity contribution in [2.75, 3.05) is 7.11 Å². The summed E-state index contributed by atoms with van der Waals surface area (Å²) in [7, 11) is 1.10. The first kappa shape index (κ1) is 12.6. The fourth-order valence-corrected chi connectivity index (χ4v) is 1.30. The van der Waals surface area contributed by atoms with Crippen molar-refractivity contribution in [3.8, 4) is 5.75 Å². The second-order valence-electron chi connectivity index (χ2n) is 2.74. The van der Waals surface area contributed by atoms with Crippen LogP contribution in [0.3, 0.4) is 0 Å².